The van der Waals surface area contributed by atoms with Gasteiger partial charge in [0.1, 0.15) is 11.8 Å². The van der Waals surface area contributed by atoms with Crippen LogP contribution in [-0.4, -0.2) is 63.1 Å². The fraction of sp³-hybridized carbons (Fsp3) is 0.440. The Morgan fingerprint density at radius 3 is 2.55 bits per heavy atom. The maximum absolute atomic E-state index is 13.1. The lowest BCUT2D eigenvalue weighted by Crippen LogP contribution is -2.51. The van der Waals surface area contributed by atoms with E-state index in [-0.39, 0.29) is 29.9 Å². The predicted octanol–water partition coefficient (Wildman–Crippen LogP) is 2.09. The zero-order chi connectivity index (χ0) is 23.4. The number of amides is 2. The van der Waals surface area contributed by atoms with Crippen molar-refractivity contribution in [3.63, 3.8) is 0 Å². The van der Waals surface area contributed by atoms with Crippen LogP contribution in [0.4, 0.5) is 5.69 Å². The highest BCUT2D eigenvalue weighted by Gasteiger charge is 2.34. The molecule has 0 aliphatic carbocycles. The number of rotatable bonds is 6. The molecule has 4 rings (SSSR count). The van der Waals surface area contributed by atoms with Gasteiger partial charge in [0, 0.05) is 50.5 Å². The molecule has 2 heterocycles. The number of benzene rings is 2. The van der Waals surface area contributed by atoms with Crippen molar-refractivity contribution in [2.75, 3.05) is 39.2 Å². The first-order valence-electron chi connectivity index (χ1n) is 11.5. The Bertz CT molecular complexity index is 988. The highest BCUT2D eigenvalue weighted by molar-refractivity contribution is 5.95. The smallest absolute Gasteiger partial charge is 0.251 e. The van der Waals surface area contributed by atoms with Crippen LogP contribution in [0.1, 0.15) is 41.2 Å². The average Bonchev–Trinajstić information content (AvgIpc) is 3.34. The molecule has 3 N–H and O–H groups in total. The molecule has 0 saturated carbocycles. The van der Waals surface area contributed by atoms with Gasteiger partial charge >= 0.3 is 0 Å². The van der Waals surface area contributed by atoms with E-state index in [2.05, 4.69) is 16.2 Å². The van der Waals surface area contributed by atoms with Crippen LogP contribution in [0.2, 0.25) is 0 Å². The van der Waals surface area contributed by atoms with E-state index in [1.165, 1.54) is 0 Å². The van der Waals surface area contributed by atoms with Crippen LogP contribution in [-0.2, 0) is 4.79 Å². The Balaban J connectivity index is 1.27. The number of carbonyl (C=O) groups is 2. The van der Waals surface area contributed by atoms with Gasteiger partial charge in [-0.15, -0.1) is 0 Å². The summed E-state index contributed by atoms with van der Waals surface area (Å²) in [6.07, 6.45) is 2.19. The topological polar surface area (TPSA) is 85.9 Å². The number of likely N-dealkylation sites (tertiary alicyclic amines) is 1. The molecule has 2 aromatic carbocycles. The van der Waals surface area contributed by atoms with Crippen molar-refractivity contribution in [2.24, 2.45) is 0 Å². The van der Waals surface area contributed by atoms with Crippen LogP contribution in [0.5, 0.6) is 5.75 Å². The van der Waals surface area contributed by atoms with Crippen molar-refractivity contribution in [3.05, 3.63) is 59.7 Å². The molecule has 2 aliphatic heterocycles. The van der Waals surface area contributed by atoms with Crippen molar-refractivity contribution in [1.82, 2.24) is 21.1 Å². The summed E-state index contributed by atoms with van der Waals surface area (Å²) in [7, 11) is 5.56. The molecule has 33 heavy (non-hydrogen) atoms. The standard InChI is InChI=1S/C25H33N5O3/c1-29(2)20-8-4-7-18(14-20)24(31)26-19-10-12-30(13-11-19)25(32)23-16-22(27-28-23)17-6-5-9-21(15-17)33-3/h4-9,14-15,19,22-23,27-28H,10-13,16H2,1-3H3,(H,26,31). The van der Waals surface area contributed by atoms with Crippen molar-refractivity contribution in [3.8, 4) is 5.75 Å². The summed E-state index contributed by atoms with van der Waals surface area (Å²) in [5.41, 5.74) is 9.15. The van der Waals surface area contributed by atoms with E-state index >= 15 is 0 Å². The molecule has 176 valence electrons. The van der Waals surface area contributed by atoms with Gasteiger partial charge in [0.15, 0.2) is 0 Å². The number of carbonyl (C=O) groups excluding carboxylic acids is 2. The third-order valence-electron chi connectivity index (χ3n) is 6.46. The zero-order valence-corrected chi connectivity index (χ0v) is 19.5. The fourth-order valence-corrected chi connectivity index (χ4v) is 4.45. The molecular formula is C25H33N5O3. The Morgan fingerprint density at radius 2 is 1.82 bits per heavy atom. The van der Waals surface area contributed by atoms with E-state index in [1.54, 1.807) is 7.11 Å². The summed E-state index contributed by atoms with van der Waals surface area (Å²) in [4.78, 5) is 29.6. The highest BCUT2D eigenvalue weighted by Crippen LogP contribution is 2.26. The molecule has 8 nitrogen and oxygen atoms in total. The lowest BCUT2D eigenvalue weighted by Gasteiger charge is -2.33. The normalized spacial score (nSPS) is 21.0. The Kier molecular flexibility index (Phi) is 7.15. The van der Waals surface area contributed by atoms with Crippen molar-refractivity contribution in [1.29, 1.82) is 0 Å². The summed E-state index contributed by atoms with van der Waals surface area (Å²) >= 11 is 0. The highest BCUT2D eigenvalue weighted by atomic mass is 16.5. The second-order valence-electron chi connectivity index (χ2n) is 8.92. The summed E-state index contributed by atoms with van der Waals surface area (Å²) in [5, 5.41) is 3.13. The number of hydrogen-bond donors (Lipinski definition) is 3. The molecule has 2 saturated heterocycles. The van der Waals surface area contributed by atoms with Crippen LogP contribution in [0.3, 0.4) is 0 Å². The molecule has 2 aromatic rings. The maximum Gasteiger partial charge on any atom is 0.251 e. The van der Waals surface area contributed by atoms with E-state index in [9.17, 15) is 9.59 Å². The maximum atomic E-state index is 13.1. The van der Waals surface area contributed by atoms with E-state index in [4.69, 9.17) is 4.74 Å². The molecule has 2 aliphatic rings. The van der Waals surface area contributed by atoms with Gasteiger partial charge in [0.05, 0.1) is 7.11 Å². The minimum Gasteiger partial charge on any atom is -0.497 e. The fourth-order valence-electron chi connectivity index (χ4n) is 4.45. The minimum atomic E-state index is -0.263. The number of ether oxygens (including phenoxy) is 1. The van der Waals surface area contributed by atoms with Crippen molar-refractivity contribution >= 4 is 17.5 Å². The summed E-state index contributed by atoms with van der Waals surface area (Å²) in [6.45, 7) is 1.28. The van der Waals surface area contributed by atoms with Gasteiger partial charge in [0.25, 0.3) is 5.91 Å². The summed E-state index contributed by atoms with van der Waals surface area (Å²) in [5.74, 6) is 0.851. The number of anilines is 1. The Hall–Kier alpha value is -3.10. The summed E-state index contributed by atoms with van der Waals surface area (Å²) in [6, 6.07) is 15.4. The van der Waals surface area contributed by atoms with Gasteiger partial charge in [-0.25, -0.2) is 10.9 Å². The minimum absolute atomic E-state index is 0.0591. The van der Waals surface area contributed by atoms with Crippen LogP contribution in [0, 0.1) is 0 Å². The van der Waals surface area contributed by atoms with Crippen LogP contribution < -0.4 is 25.8 Å². The SMILES string of the molecule is COc1cccc(C2CC(C(=O)N3CCC(NC(=O)c4cccc(N(C)C)c4)CC3)NN2)c1. The average molecular weight is 452 g/mol. The van der Waals surface area contributed by atoms with Gasteiger partial charge < -0.3 is 19.9 Å². The number of methoxy groups -OCH3 is 1. The first-order valence-corrected chi connectivity index (χ1v) is 11.5. The third-order valence-corrected chi connectivity index (χ3v) is 6.46. The molecule has 2 atom stereocenters. The van der Waals surface area contributed by atoms with Gasteiger partial charge in [-0.05, 0) is 55.2 Å². The Morgan fingerprint density at radius 1 is 1.06 bits per heavy atom. The largest absolute Gasteiger partial charge is 0.497 e. The molecule has 2 unspecified atom stereocenters. The van der Waals surface area contributed by atoms with Gasteiger partial charge in [-0.2, -0.15) is 0 Å². The molecular weight excluding hydrogens is 418 g/mol. The lowest BCUT2D eigenvalue weighted by atomic mass is 9.99. The zero-order valence-electron chi connectivity index (χ0n) is 19.5. The quantitative estimate of drug-likeness (QED) is 0.624. The number of piperidine rings is 1. The van der Waals surface area contributed by atoms with Crippen LogP contribution in [0.25, 0.3) is 0 Å². The molecule has 0 bridgehead atoms. The van der Waals surface area contributed by atoms with Crippen molar-refractivity contribution < 1.29 is 14.3 Å². The van der Waals surface area contributed by atoms with Crippen molar-refractivity contribution in [2.45, 2.75) is 37.4 Å². The number of hydrogen-bond acceptors (Lipinski definition) is 6. The number of hydrazine groups is 1. The summed E-state index contributed by atoms with van der Waals surface area (Å²) < 4.78 is 5.31. The molecule has 0 spiro atoms. The molecule has 0 aromatic heterocycles. The number of nitrogens with one attached hydrogen (secondary N) is 3. The van der Waals surface area contributed by atoms with Crippen LogP contribution in [0.15, 0.2) is 48.5 Å². The van der Waals surface area contributed by atoms with Gasteiger partial charge in [0.2, 0.25) is 5.91 Å². The number of nitrogens with zero attached hydrogens (tertiary/aromatic N) is 2. The van der Waals surface area contributed by atoms with E-state index < -0.39 is 0 Å². The molecule has 2 amide bonds. The lowest BCUT2D eigenvalue weighted by molar-refractivity contribution is -0.134. The van der Waals surface area contributed by atoms with E-state index in [1.807, 2.05) is 72.4 Å². The van der Waals surface area contributed by atoms with Gasteiger partial charge in [-0.3, -0.25) is 9.59 Å². The van der Waals surface area contributed by atoms with Gasteiger partial charge in [-0.1, -0.05) is 18.2 Å². The predicted molar refractivity (Wildman–Crippen MR) is 128 cm³/mol. The van der Waals surface area contributed by atoms with E-state index in [0.717, 1.165) is 29.8 Å². The Labute approximate surface area is 195 Å². The van der Waals surface area contributed by atoms with E-state index in [0.29, 0.717) is 25.1 Å². The first kappa shape index (κ1) is 23.1. The first-order chi connectivity index (χ1) is 15.9. The third kappa shape index (κ3) is 5.46. The molecule has 2 fully saturated rings. The van der Waals surface area contributed by atoms with Crippen LogP contribution >= 0.6 is 0 Å². The second-order valence-corrected chi connectivity index (χ2v) is 8.92. The molecule has 0 radical (unpaired) electrons. The second kappa shape index (κ2) is 10.2. The monoisotopic (exact) mass is 451 g/mol. The molecule has 8 heteroatoms.